The molecule has 180 valence electrons. The third-order valence-corrected chi connectivity index (χ3v) is 6.59. The lowest BCUT2D eigenvalue weighted by atomic mass is 9.78. The summed E-state index contributed by atoms with van der Waals surface area (Å²) in [5.74, 6) is -0.927. The number of aromatic nitrogens is 2. The van der Waals surface area contributed by atoms with Gasteiger partial charge in [0, 0.05) is 24.6 Å². The predicted octanol–water partition coefficient (Wildman–Crippen LogP) is 3.61. The molecule has 35 heavy (non-hydrogen) atoms. The van der Waals surface area contributed by atoms with E-state index in [1.54, 1.807) is 6.20 Å². The fraction of sp³-hybridized carbons (Fsp3) is 0.308. The van der Waals surface area contributed by atoms with E-state index in [-0.39, 0.29) is 43.4 Å². The van der Waals surface area contributed by atoms with Crippen molar-refractivity contribution < 1.29 is 24.2 Å². The number of rotatable bonds is 8. The molecule has 0 spiro atoms. The molecule has 0 saturated heterocycles. The number of hydrogen-bond acceptors (Lipinski definition) is 5. The highest BCUT2D eigenvalue weighted by molar-refractivity contribution is 5.85. The SMILES string of the molecule is O=C(O)CC1CC(NC(=O)Cn2cc(NC(=O)OCC3c4ccccc4-c4ccccc43)cn2)C1. The highest BCUT2D eigenvalue weighted by Gasteiger charge is 2.32. The van der Waals surface area contributed by atoms with E-state index in [2.05, 4.69) is 40.0 Å². The van der Waals surface area contributed by atoms with Crippen LogP contribution in [0.3, 0.4) is 0 Å². The van der Waals surface area contributed by atoms with Gasteiger partial charge in [0.15, 0.2) is 0 Å². The Hall–Kier alpha value is -4.14. The molecule has 2 aliphatic rings. The normalized spacial score (nSPS) is 18.2. The number of nitrogens with one attached hydrogen (secondary N) is 2. The van der Waals surface area contributed by atoms with Gasteiger partial charge in [-0.05, 0) is 41.0 Å². The highest BCUT2D eigenvalue weighted by Crippen LogP contribution is 2.44. The van der Waals surface area contributed by atoms with Crippen molar-refractivity contribution >= 4 is 23.7 Å². The van der Waals surface area contributed by atoms with Gasteiger partial charge in [0.05, 0.1) is 11.9 Å². The van der Waals surface area contributed by atoms with Gasteiger partial charge in [0.1, 0.15) is 13.2 Å². The summed E-state index contributed by atoms with van der Waals surface area (Å²) >= 11 is 0. The molecule has 1 aromatic heterocycles. The molecule has 0 aliphatic heterocycles. The van der Waals surface area contributed by atoms with Crippen LogP contribution in [0.15, 0.2) is 60.9 Å². The molecule has 2 amide bonds. The molecule has 3 N–H and O–H groups in total. The van der Waals surface area contributed by atoms with Crippen LogP contribution in [-0.4, -0.2) is 45.5 Å². The van der Waals surface area contributed by atoms with Crippen molar-refractivity contribution in [2.24, 2.45) is 5.92 Å². The Balaban J connectivity index is 1.10. The van der Waals surface area contributed by atoms with E-state index in [0.29, 0.717) is 18.5 Å². The van der Waals surface area contributed by atoms with Gasteiger partial charge >= 0.3 is 12.1 Å². The van der Waals surface area contributed by atoms with Crippen LogP contribution in [-0.2, 0) is 20.9 Å². The van der Waals surface area contributed by atoms with E-state index in [1.807, 2.05) is 24.3 Å². The first-order valence-electron chi connectivity index (χ1n) is 11.6. The summed E-state index contributed by atoms with van der Waals surface area (Å²) in [5, 5.41) is 18.5. The van der Waals surface area contributed by atoms with Gasteiger partial charge in [0.2, 0.25) is 5.91 Å². The summed E-state index contributed by atoms with van der Waals surface area (Å²) in [4.78, 5) is 35.4. The molecule has 1 saturated carbocycles. The second-order valence-electron chi connectivity index (χ2n) is 9.08. The smallest absolute Gasteiger partial charge is 0.411 e. The Kier molecular flexibility index (Phi) is 6.22. The van der Waals surface area contributed by atoms with E-state index < -0.39 is 12.1 Å². The van der Waals surface area contributed by atoms with Crippen molar-refractivity contribution in [3.05, 3.63) is 72.1 Å². The van der Waals surface area contributed by atoms with Gasteiger partial charge in [-0.3, -0.25) is 19.6 Å². The number of carboxylic acid groups (broad SMARTS) is 1. The van der Waals surface area contributed by atoms with Crippen molar-refractivity contribution in [3.8, 4) is 11.1 Å². The van der Waals surface area contributed by atoms with Crippen LogP contribution in [0, 0.1) is 5.92 Å². The number of amides is 2. The zero-order valence-corrected chi connectivity index (χ0v) is 19.0. The number of hydrogen-bond donors (Lipinski definition) is 3. The van der Waals surface area contributed by atoms with Crippen molar-refractivity contribution in [2.75, 3.05) is 11.9 Å². The second-order valence-corrected chi connectivity index (χ2v) is 9.08. The molecule has 3 aromatic rings. The first-order valence-corrected chi connectivity index (χ1v) is 11.6. The molecule has 0 atom stereocenters. The number of fused-ring (bicyclic) bond motifs is 3. The molecule has 0 radical (unpaired) electrons. The minimum atomic E-state index is -0.812. The zero-order valence-electron chi connectivity index (χ0n) is 19.0. The Morgan fingerprint density at radius 1 is 1.03 bits per heavy atom. The number of carbonyl (C=O) groups excluding carboxylic acids is 2. The number of nitrogens with zero attached hydrogens (tertiary/aromatic N) is 2. The lowest BCUT2D eigenvalue weighted by Crippen LogP contribution is -2.45. The van der Waals surface area contributed by atoms with Crippen molar-refractivity contribution in [1.29, 1.82) is 0 Å². The Morgan fingerprint density at radius 3 is 2.34 bits per heavy atom. The van der Waals surface area contributed by atoms with E-state index in [1.165, 1.54) is 10.9 Å². The molecule has 9 heteroatoms. The Labute approximate surface area is 202 Å². The van der Waals surface area contributed by atoms with Crippen LogP contribution in [0.1, 0.15) is 36.3 Å². The number of ether oxygens (including phenoxy) is 1. The third-order valence-electron chi connectivity index (χ3n) is 6.59. The summed E-state index contributed by atoms with van der Waals surface area (Å²) in [6, 6.07) is 16.3. The third kappa shape index (κ3) is 5.03. The maximum atomic E-state index is 12.4. The van der Waals surface area contributed by atoms with Crippen LogP contribution in [0.5, 0.6) is 0 Å². The largest absolute Gasteiger partial charge is 0.481 e. The number of carbonyl (C=O) groups is 3. The van der Waals surface area contributed by atoms with E-state index in [9.17, 15) is 14.4 Å². The number of carboxylic acids is 1. The summed E-state index contributed by atoms with van der Waals surface area (Å²) in [5.41, 5.74) is 5.04. The molecule has 9 nitrogen and oxygen atoms in total. The minimum Gasteiger partial charge on any atom is -0.481 e. The maximum absolute atomic E-state index is 12.4. The number of benzene rings is 2. The summed E-state index contributed by atoms with van der Waals surface area (Å²) in [6.45, 7) is 0.215. The summed E-state index contributed by atoms with van der Waals surface area (Å²) in [7, 11) is 0. The Morgan fingerprint density at radius 2 is 1.69 bits per heavy atom. The highest BCUT2D eigenvalue weighted by atomic mass is 16.5. The molecule has 0 bridgehead atoms. The van der Waals surface area contributed by atoms with Gasteiger partial charge in [0.25, 0.3) is 0 Å². The van der Waals surface area contributed by atoms with E-state index >= 15 is 0 Å². The van der Waals surface area contributed by atoms with Gasteiger partial charge in [-0.15, -0.1) is 0 Å². The quantitative estimate of drug-likeness (QED) is 0.458. The lowest BCUT2D eigenvalue weighted by molar-refractivity contribution is -0.139. The van der Waals surface area contributed by atoms with Crippen LogP contribution in [0.4, 0.5) is 10.5 Å². The molecular formula is C26H26N4O5. The van der Waals surface area contributed by atoms with Gasteiger partial charge in [-0.1, -0.05) is 48.5 Å². The van der Waals surface area contributed by atoms with Gasteiger partial charge < -0.3 is 15.2 Å². The summed E-state index contributed by atoms with van der Waals surface area (Å²) in [6.07, 6.45) is 3.92. The molecule has 2 aliphatic carbocycles. The topological polar surface area (TPSA) is 123 Å². The molecular weight excluding hydrogens is 448 g/mol. The first-order chi connectivity index (χ1) is 17.0. The zero-order chi connectivity index (χ0) is 24.4. The number of anilines is 1. The predicted molar refractivity (Wildman–Crippen MR) is 128 cm³/mol. The first kappa shape index (κ1) is 22.6. The fourth-order valence-corrected chi connectivity index (χ4v) is 4.95. The van der Waals surface area contributed by atoms with Crippen molar-refractivity contribution in [2.45, 2.75) is 37.8 Å². The van der Waals surface area contributed by atoms with Gasteiger partial charge in [-0.2, -0.15) is 5.10 Å². The minimum absolute atomic E-state index is 0.000772. The van der Waals surface area contributed by atoms with E-state index in [4.69, 9.17) is 9.84 Å². The molecule has 1 fully saturated rings. The Bertz CT molecular complexity index is 1220. The average Bonchev–Trinajstić information content (AvgIpc) is 3.37. The average molecular weight is 475 g/mol. The van der Waals surface area contributed by atoms with Crippen molar-refractivity contribution in [1.82, 2.24) is 15.1 Å². The van der Waals surface area contributed by atoms with Crippen LogP contribution in [0.2, 0.25) is 0 Å². The monoisotopic (exact) mass is 474 g/mol. The molecule has 1 heterocycles. The van der Waals surface area contributed by atoms with Crippen LogP contribution in [0.25, 0.3) is 11.1 Å². The molecule has 2 aromatic carbocycles. The van der Waals surface area contributed by atoms with Gasteiger partial charge in [-0.25, -0.2) is 4.79 Å². The molecule has 5 rings (SSSR count). The number of aliphatic carboxylic acids is 1. The lowest BCUT2D eigenvalue weighted by Gasteiger charge is -2.34. The summed E-state index contributed by atoms with van der Waals surface area (Å²) < 4.78 is 6.97. The second kappa shape index (κ2) is 9.61. The van der Waals surface area contributed by atoms with Crippen molar-refractivity contribution in [3.63, 3.8) is 0 Å². The maximum Gasteiger partial charge on any atom is 0.411 e. The van der Waals surface area contributed by atoms with E-state index in [0.717, 1.165) is 22.3 Å². The van der Waals surface area contributed by atoms with Crippen LogP contribution >= 0.6 is 0 Å². The van der Waals surface area contributed by atoms with Crippen LogP contribution < -0.4 is 10.6 Å². The standard InChI is InChI=1S/C26H26N4O5/c31-24(28-17-9-16(10-17)11-25(32)33)14-30-13-18(12-27-30)29-26(34)35-15-23-21-7-3-1-5-19(21)20-6-2-4-8-22(20)23/h1-8,12-13,16-17,23H,9-11,14-15H2,(H,28,31)(H,29,34)(H,32,33). The molecule has 0 unspecified atom stereocenters. The fourth-order valence-electron chi connectivity index (χ4n) is 4.95.